The van der Waals surface area contributed by atoms with Crippen LogP contribution in [0.4, 0.5) is 4.79 Å². The summed E-state index contributed by atoms with van der Waals surface area (Å²) in [6.07, 6.45) is 2.93. The predicted octanol–water partition coefficient (Wildman–Crippen LogP) is 0.928. The molecule has 1 aliphatic carbocycles. The molecule has 4 aliphatic rings. The highest BCUT2D eigenvalue weighted by Crippen LogP contribution is 2.28. The third kappa shape index (κ3) is 14.6. The number of rotatable bonds is 12. The van der Waals surface area contributed by atoms with Gasteiger partial charge in [-0.1, -0.05) is 62.4 Å². The molecule has 4 N–H and O–H groups in total. The summed E-state index contributed by atoms with van der Waals surface area (Å²) in [5.74, 6) is -2.73. The molecule has 0 bridgehead atoms. The predicted molar refractivity (Wildman–Crippen MR) is 199 cm³/mol. The molecule has 1 aromatic carbocycles. The SMILES string of the molecule is O=C1CCCC(CN2CCOCC2)OC(=O)[C@H](O)[C@H](CC2CCCCC2)NC(=O)C(NC(=O)[C@H](Cc2ccccc2)NC(=O)OCCN2CCOCC2)CO1. The fourth-order valence-corrected chi connectivity index (χ4v) is 7.50. The first kappa shape index (κ1) is 42.3. The monoisotopic (exact) mass is 773 g/mol. The molecule has 3 heterocycles. The number of nitrogens with one attached hydrogen (secondary N) is 3. The molecule has 2 unspecified atom stereocenters. The Labute approximate surface area is 323 Å². The highest BCUT2D eigenvalue weighted by atomic mass is 16.6. The lowest BCUT2D eigenvalue weighted by Crippen LogP contribution is -2.59. The molecular weight excluding hydrogens is 714 g/mol. The Kier molecular flexibility index (Phi) is 17.4. The lowest BCUT2D eigenvalue weighted by Gasteiger charge is -2.33. The van der Waals surface area contributed by atoms with E-state index in [1.54, 1.807) is 0 Å². The third-order valence-corrected chi connectivity index (χ3v) is 10.7. The van der Waals surface area contributed by atoms with Crippen molar-refractivity contribution in [2.45, 2.75) is 94.5 Å². The Balaban J connectivity index is 1.29. The third-order valence-electron chi connectivity index (χ3n) is 10.7. The smallest absolute Gasteiger partial charge is 0.407 e. The molecule has 3 amide bonds. The fourth-order valence-electron chi connectivity index (χ4n) is 7.50. The molecule has 16 nitrogen and oxygen atoms in total. The van der Waals surface area contributed by atoms with Gasteiger partial charge in [-0.2, -0.15) is 0 Å². The second-order valence-corrected chi connectivity index (χ2v) is 14.9. The number of aliphatic hydroxyl groups is 1. The summed E-state index contributed by atoms with van der Waals surface area (Å²) >= 11 is 0. The zero-order chi connectivity index (χ0) is 38.8. The van der Waals surface area contributed by atoms with Gasteiger partial charge in [0.05, 0.1) is 32.5 Å². The van der Waals surface area contributed by atoms with Gasteiger partial charge >= 0.3 is 18.0 Å². The molecule has 16 heteroatoms. The number of hydrogen-bond acceptors (Lipinski definition) is 13. The number of alkyl carbamates (subject to hydrolysis) is 1. The number of hydrogen-bond donors (Lipinski definition) is 4. The molecule has 0 radical (unpaired) electrons. The summed E-state index contributed by atoms with van der Waals surface area (Å²) in [5, 5.41) is 19.6. The van der Waals surface area contributed by atoms with E-state index in [1.807, 2.05) is 30.3 Å². The Bertz CT molecular complexity index is 1370. The van der Waals surface area contributed by atoms with Gasteiger partial charge in [0, 0.05) is 52.1 Å². The van der Waals surface area contributed by atoms with Gasteiger partial charge in [-0.25, -0.2) is 9.59 Å². The number of benzene rings is 1. The van der Waals surface area contributed by atoms with Crippen LogP contribution < -0.4 is 16.0 Å². The van der Waals surface area contributed by atoms with Crippen LogP contribution in [0.5, 0.6) is 0 Å². The first-order valence-corrected chi connectivity index (χ1v) is 20.0. The van der Waals surface area contributed by atoms with Gasteiger partial charge in [0.1, 0.15) is 31.4 Å². The summed E-state index contributed by atoms with van der Waals surface area (Å²) in [6.45, 7) is 5.68. The largest absolute Gasteiger partial charge is 0.463 e. The van der Waals surface area contributed by atoms with Crippen molar-refractivity contribution in [2.24, 2.45) is 5.92 Å². The number of ether oxygens (including phenoxy) is 5. The Morgan fingerprint density at radius 2 is 1.60 bits per heavy atom. The Morgan fingerprint density at radius 3 is 2.31 bits per heavy atom. The van der Waals surface area contributed by atoms with E-state index in [9.17, 15) is 29.1 Å². The van der Waals surface area contributed by atoms with Crippen LogP contribution in [0, 0.1) is 5.92 Å². The number of aliphatic hydroxyl groups excluding tert-OH is 1. The highest BCUT2D eigenvalue weighted by molar-refractivity contribution is 5.92. The maximum atomic E-state index is 14.0. The minimum Gasteiger partial charge on any atom is -0.463 e. The van der Waals surface area contributed by atoms with Crippen molar-refractivity contribution in [1.29, 1.82) is 0 Å². The van der Waals surface area contributed by atoms with E-state index in [2.05, 4.69) is 25.8 Å². The van der Waals surface area contributed by atoms with Gasteiger partial charge in [-0.15, -0.1) is 0 Å². The zero-order valence-electron chi connectivity index (χ0n) is 31.8. The Morgan fingerprint density at radius 1 is 0.909 bits per heavy atom. The molecule has 3 aliphatic heterocycles. The van der Waals surface area contributed by atoms with Crippen LogP contribution >= 0.6 is 0 Å². The number of cyclic esters (lactones) is 2. The zero-order valence-corrected chi connectivity index (χ0v) is 31.8. The van der Waals surface area contributed by atoms with E-state index < -0.39 is 66.8 Å². The number of carbonyl (C=O) groups is 5. The summed E-state index contributed by atoms with van der Waals surface area (Å²) in [7, 11) is 0. The van der Waals surface area contributed by atoms with Crippen molar-refractivity contribution >= 4 is 29.8 Å². The van der Waals surface area contributed by atoms with Crippen molar-refractivity contribution in [3.8, 4) is 0 Å². The van der Waals surface area contributed by atoms with Crippen LogP contribution in [0.2, 0.25) is 0 Å². The van der Waals surface area contributed by atoms with Crippen molar-refractivity contribution in [1.82, 2.24) is 25.8 Å². The van der Waals surface area contributed by atoms with Crippen molar-refractivity contribution in [3.05, 3.63) is 35.9 Å². The van der Waals surface area contributed by atoms with Crippen LogP contribution in [0.15, 0.2) is 30.3 Å². The van der Waals surface area contributed by atoms with E-state index in [1.165, 1.54) is 0 Å². The number of carbonyl (C=O) groups excluding carboxylic acids is 5. The molecular formula is C39H59N5O11. The quantitative estimate of drug-likeness (QED) is 0.173. The number of nitrogens with zero attached hydrogens (tertiary/aromatic N) is 2. The minimum absolute atomic E-state index is 0.0131. The molecule has 0 aromatic heterocycles. The number of esters is 2. The average molecular weight is 774 g/mol. The van der Waals surface area contributed by atoms with Gasteiger partial charge in [0.25, 0.3) is 0 Å². The summed E-state index contributed by atoms with van der Waals surface area (Å²) in [4.78, 5) is 71.6. The maximum Gasteiger partial charge on any atom is 0.407 e. The molecule has 3 saturated heterocycles. The molecule has 0 spiro atoms. The van der Waals surface area contributed by atoms with Crippen LogP contribution in [0.25, 0.3) is 0 Å². The molecule has 1 saturated carbocycles. The molecule has 306 valence electrons. The average Bonchev–Trinajstić information content (AvgIpc) is 3.19. The van der Waals surface area contributed by atoms with Crippen molar-refractivity contribution in [3.63, 3.8) is 0 Å². The van der Waals surface area contributed by atoms with Gasteiger partial charge in [-0.05, 0) is 30.7 Å². The van der Waals surface area contributed by atoms with E-state index in [0.29, 0.717) is 71.9 Å². The van der Waals surface area contributed by atoms with E-state index in [-0.39, 0.29) is 25.4 Å². The summed E-state index contributed by atoms with van der Waals surface area (Å²) in [6, 6.07) is 5.49. The normalized spacial score (nSPS) is 26.4. The number of amides is 3. The fraction of sp³-hybridized carbons (Fsp3) is 0.718. The molecule has 5 rings (SSSR count). The topological polar surface area (TPSA) is 194 Å². The van der Waals surface area contributed by atoms with Crippen LogP contribution in [-0.4, -0.2) is 154 Å². The Hall–Kier alpha value is -3.83. The molecule has 5 atom stereocenters. The minimum atomic E-state index is -1.67. The van der Waals surface area contributed by atoms with Gasteiger partial charge in [0.15, 0.2) is 6.10 Å². The molecule has 1 aromatic rings. The summed E-state index contributed by atoms with van der Waals surface area (Å²) in [5.41, 5.74) is 0.749. The van der Waals surface area contributed by atoms with Crippen LogP contribution in [-0.2, 0) is 49.3 Å². The first-order chi connectivity index (χ1) is 26.7. The van der Waals surface area contributed by atoms with Gasteiger partial charge in [0.2, 0.25) is 11.8 Å². The highest BCUT2D eigenvalue weighted by Gasteiger charge is 2.37. The van der Waals surface area contributed by atoms with Gasteiger partial charge < -0.3 is 44.7 Å². The van der Waals surface area contributed by atoms with Crippen molar-refractivity contribution < 1.29 is 52.8 Å². The second kappa shape index (κ2) is 22.7. The molecule has 55 heavy (non-hydrogen) atoms. The first-order valence-electron chi connectivity index (χ1n) is 20.0. The standard InChI is InChI=1S/C39H59N5O11/c45-34-13-7-12-30(26-44-16-21-52-22-17-44)55-38(49)35(46)31(24-28-8-3-1-4-9-28)40-37(48)33(27-54-34)41-36(47)32(25-29-10-5-2-6-11-29)42-39(50)53-23-18-43-14-19-51-20-15-43/h2,5-6,10-11,28,30-33,35,46H,1,3-4,7-9,12-27H2,(H,40,48)(H,41,47)(H,42,50)/t30?,31-,32-,33?,35+/m0/s1. The lowest BCUT2D eigenvalue weighted by atomic mass is 9.83. The van der Waals surface area contributed by atoms with Crippen LogP contribution in [0.3, 0.4) is 0 Å². The van der Waals surface area contributed by atoms with E-state index >= 15 is 0 Å². The lowest BCUT2D eigenvalue weighted by molar-refractivity contribution is -0.163. The van der Waals surface area contributed by atoms with Gasteiger partial charge in [-0.3, -0.25) is 24.2 Å². The van der Waals surface area contributed by atoms with E-state index in [4.69, 9.17) is 23.7 Å². The molecule has 4 fully saturated rings. The van der Waals surface area contributed by atoms with Crippen LogP contribution in [0.1, 0.15) is 63.4 Å². The summed E-state index contributed by atoms with van der Waals surface area (Å²) < 4.78 is 27.7. The maximum absolute atomic E-state index is 14.0. The van der Waals surface area contributed by atoms with Crippen molar-refractivity contribution in [2.75, 3.05) is 78.9 Å². The second-order valence-electron chi connectivity index (χ2n) is 14.9. The number of morpholine rings is 2. The van der Waals surface area contributed by atoms with E-state index in [0.717, 1.165) is 50.8 Å².